The summed E-state index contributed by atoms with van der Waals surface area (Å²) in [5, 5.41) is 0.593. The van der Waals surface area contributed by atoms with Gasteiger partial charge >= 0.3 is 0 Å². The fraction of sp³-hybridized carbons (Fsp3) is 0.357. The summed E-state index contributed by atoms with van der Waals surface area (Å²) in [5.41, 5.74) is 5.31. The molecule has 4 rings (SSSR count). The molecule has 0 radical (unpaired) electrons. The van der Waals surface area contributed by atoms with Crippen LogP contribution in [0.3, 0.4) is 0 Å². The van der Waals surface area contributed by atoms with Gasteiger partial charge < -0.3 is 0 Å². The number of benzene rings is 2. The average molecular weight is 501 g/mol. The fourth-order valence-electron chi connectivity index (χ4n) is 4.62. The van der Waals surface area contributed by atoms with E-state index >= 15 is 0 Å². The molecule has 1 saturated carbocycles. The summed E-state index contributed by atoms with van der Waals surface area (Å²) in [7, 11) is 0. The van der Waals surface area contributed by atoms with Gasteiger partial charge in [0.1, 0.15) is 0 Å². The van der Waals surface area contributed by atoms with Crippen molar-refractivity contribution in [1.82, 2.24) is 0 Å². The average Bonchev–Trinajstić information content (AvgIpc) is 3.10. The zero-order chi connectivity index (χ0) is 24.5. The van der Waals surface area contributed by atoms with Gasteiger partial charge in [-0.15, -0.1) is 11.3 Å². The van der Waals surface area contributed by atoms with Crippen LogP contribution >= 0.6 is 22.9 Å². The van der Waals surface area contributed by atoms with E-state index < -0.39 is 5.92 Å². The van der Waals surface area contributed by atoms with Crippen molar-refractivity contribution < 1.29 is 18.4 Å². The number of hydrogen-bond acceptors (Lipinski definition) is 3. The minimum Gasteiger partial charge on any atom is -0.297 e. The number of thiophene rings is 1. The second-order valence-electron chi connectivity index (χ2n) is 9.14. The summed E-state index contributed by atoms with van der Waals surface area (Å²) in [6.45, 7) is 3.93. The van der Waals surface area contributed by atoms with Gasteiger partial charge in [-0.2, -0.15) is 0 Å². The molecule has 0 bridgehead atoms. The molecule has 1 unspecified atom stereocenters. The van der Waals surface area contributed by atoms with Crippen molar-refractivity contribution in [2.24, 2.45) is 5.92 Å². The Labute approximate surface area is 208 Å². The molecule has 1 aromatic heterocycles. The molecule has 34 heavy (non-hydrogen) atoms. The lowest BCUT2D eigenvalue weighted by Crippen LogP contribution is -2.24. The highest BCUT2D eigenvalue weighted by Gasteiger charge is 2.33. The van der Waals surface area contributed by atoms with Gasteiger partial charge in [0.2, 0.25) is 5.92 Å². The van der Waals surface area contributed by atoms with Gasteiger partial charge in [0, 0.05) is 39.8 Å². The highest BCUT2D eigenvalue weighted by Crippen LogP contribution is 2.40. The van der Waals surface area contributed by atoms with Crippen molar-refractivity contribution in [3.8, 4) is 21.6 Å². The number of carbonyl (C=O) groups excluding carboxylic acids is 2. The van der Waals surface area contributed by atoms with Gasteiger partial charge in [-0.05, 0) is 61.4 Å². The molecular weight excluding hydrogens is 474 g/mol. The number of aldehydes is 1. The van der Waals surface area contributed by atoms with Crippen molar-refractivity contribution in [2.45, 2.75) is 58.3 Å². The largest absolute Gasteiger partial charge is 0.297 e. The second-order valence-corrected chi connectivity index (χ2v) is 10.6. The smallest absolute Gasteiger partial charge is 0.248 e. The monoisotopic (exact) mass is 500 g/mol. The first-order chi connectivity index (χ1) is 16.2. The normalized spacial score (nSPS) is 18.2. The maximum Gasteiger partial charge on any atom is 0.248 e. The van der Waals surface area contributed by atoms with E-state index in [1.54, 1.807) is 12.1 Å². The summed E-state index contributed by atoms with van der Waals surface area (Å²) in [5.74, 6) is -3.06. The third-order valence-corrected chi connectivity index (χ3v) is 8.55. The highest BCUT2D eigenvalue weighted by molar-refractivity contribution is 7.17. The van der Waals surface area contributed by atoms with E-state index in [1.807, 2.05) is 44.2 Å². The first kappa shape index (κ1) is 24.7. The van der Waals surface area contributed by atoms with Crippen molar-refractivity contribution in [1.29, 1.82) is 0 Å². The van der Waals surface area contributed by atoms with Gasteiger partial charge in [0.25, 0.3) is 0 Å². The van der Waals surface area contributed by atoms with E-state index in [2.05, 4.69) is 0 Å². The molecule has 6 heteroatoms. The Balaban J connectivity index is 1.53. The number of rotatable bonds is 5. The molecule has 0 spiro atoms. The molecule has 3 aromatic rings. The van der Waals surface area contributed by atoms with Crippen LogP contribution in [-0.4, -0.2) is 18.0 Å². The zero-order valence-electron chi connectivity index (χ0n) is 19.3. The quantitative estimate of drug-likeness (QED) is 0.259. The number of hydrogen-bond donors (Lipinski definition) is 0. The molecule has 1 heterocycles. The Morgan fingerprint density at radius 1 is 1.00 bits per heavy atom. The number of ketones is 1. The van der Waals surface area contributed by atoms with E-state index in [0.29, 0.717) is 34.7 Å². The lowest BCUT2D eigenvalue weighted by molar-refractivity contribution is -0.0277. The van der Waals surface area contributed by atoms with Gasteiger partial charge in [0.05, 0.1) is 4.88 Å². The van der Waals surface area contributed by atoms with Crippen molar-refractivity contribution in [3.05, 3.63) is 69.1 Å². The zero-order valence-corrected chi connectivity index (χ0v) is 20.9. The van der Waals surface area contributed by atoms with Crippen LogP contribution in [0.15, 0.2) is 42.5 Å². The molecule has 1 aliphatic carbocycles. The molecule has 178 valence electrons. The summed E-state index contributed by atoms with van der Waals surface area (Å²) in [4.78, 5) is 26.0. The van der Waals surface area contributed by atoms with E-state index in [-0.39, 0.29) is 31.0 Å². The molecular formula is C28H27ClF2O2S. The van der Waals surface area contributed by atoms with E-state index in [4.69, 9.17) is 11.6 Å². The Morgan fingerprint density at radius 2 is 1.71 bits per heavy atom. The molecule has 0 aliphatic heterocycles. The lowest BCUT2D eigenvalue weighted by Gasteiger charge is -2.24. The fourth-order valence-corrected chi connectivity index (χ4v) is 6.12. The third kappa shape index (κ3) is 5.16. The molecule has 0 N–H and O–H groups in total. The van der Waals surface area contributed by atoms with Crippen LogP contribution in [0.25, 0.3) is 21.6 Å². The summed E-state index contributed by atoms with van der Waals surface area (Å²) < 4.78 is 27.6. The van der Waals surface area contributed by atoms with Gasteiger partial charge in [0.15, 0.2) is 12.1 Å². The Morgan fingerprint density at radius 3 is 2.35 bits per heavy atom. The van der Waals surface area contributed by atoms with E-state index in [0.717, 1.165) is 39.0 Å². The first-order valence-electron chi connectivity index (χ1n) is 11.6. The predicted octanol–water partition coefficient (Wildman–Crippen LogP) is 8.95. The van der Waals surface area contributed by atoms with Crippen LogP contribution in [0.1, 0.15) is 69.7 Å². The lowest BCUT2D eigenvalue weighted by atomic mass is 9.84. The van der Waals surface area contributed by atoms with Gasteiger partial charge in [-0.25, -0.2) is 8.78 Å². The topological polar surface area (TPSA) is 34.1 Å². The molecule has 1 aliphatic rings. The predicted molar refractivity (Wildman–Crippen MR) is 136 cm³/mol. The highest BCUT2D eigenvalue weighted by atomic mass is 35.5. The Bertz CT molecular complexity index is 1210. The summed E-state index contributed by atoms with van der Waals surface area (Å²) in [6.07, 6.45) is 2.61. The van der Waals surface area contributed by atoms with Gasteiger partial charge in [-0.3, -0.25) is 9.59 Å². The maximum absolute atomic E-state index is 13.8. The van der Waals surface area contributed by atoms with Crippen LogP contribution in [0.5, 0.6) is 0 Å². The molecule has 2 nitrogen and oxygen atoms in total. The third-order valence-electron chi connectivity index (χ3n) is 6.88. The minimum atomic E-state index is -2.66. The van der Waals surface area contributed by atoms with Crippen molar-refractivity contribution >= 4 is 35.0 Å². The molecule has 1 atom stereocenters. The van der Waals surface area contributed by atoms with E-state index in [1.165, 1.54) is 11.3 Å². The number of carbonyl (C=O) groups is 2. The molecule has 0 amide bonds. The maximum atomic E-state index is 13.8. The Kier molecular flexibility index (Phi) is 7.34. The van der Waals surface area contributed by atoms with Crippen LogP contribution in [-0.2, 0) is 0 Å². The first-order valence-corrected chi connectivity index (χ1v) is 12.8. The Hall–Kier alpha value is -2.37. The number of Topliss-reactive ketones (excluding diaryl/α,β-unsaturated/α-hetero) is 1. The molecule has 2 aromatic carbocycles. The van der Waals surface area contributed by atoms with Crippen LogP contribution in [0.4, 0.5) is 8.78 Å². The summed E-state index contributed by atoms with van der Waals surface area (Å²) >= 11 is 8.07. The van der Waals surface area contributed by atoms with Crippen LogP contribution < -0.4 is 0 Å². The number of halogens is 3. The SMILES string of the molecule is Cc1c(C=O)sc(-c2ccc(-c3ccc(C(=O)C4CCCCC(F)(F)CC4)cc3)cc2Cl)c1C. The second kappa shape index (κ2) is 10.1. The van der Waals surface area contributed by atoms with Gasteiger partial charge in [-0.1, -0.05) is 54.4 Å². The number of alkyl halides is 2. The standard InChI is InChI=1S/C28H27ClF2O2S/c1-17-18(2)27(34-25(17)16-32)23-11-10-22(15-24(23)29)19-6-8-21(9-7-19)26(33)20-5-3-4-13-28(30,31)14-12-20/h6-11,15-16,20H,3-5,12-14H2,1-2H3. The summed E-state index contributed by atoms with van der Waals surface area (Å²) in [6, 6.07) is 13.1. The van der Waals surface area contributed by atoms with E-state index in [9.17, 15) is 18.4 Å². The van der Waals surface area contributed by atoms with Crippen LogP contribution in [0, 0.1) is 19.8 Å². The van der Waals surface area contributed by atoms with Crippen molar-refractivity contribution in [3.63, 3.8) is 0 Å². The van der Waals surface area contributed by atoms with Crippen LogP contribution in [0.2, 0.25) is 5.02 Å². The molecule has 0 saturated heterocycles. The minimum absolute atomic E-state index is 0.0489. The van der Waals surface area contributed by atoms with Crippen molar-refractivity contribution in [2.75, 3.05) is 0 Å². The molecule has 1 fully saturated rings.